The van der Waals surface area contributed by atoms with Crippen LogP contribution in [0.15, 0.2) is 58.6 Å². The molecule has 2 aliphatic heterocycles. The maximum atomic E-state index is 6.08. The van der Waals surface area contributed by atoms with E-state index < -0.39 is 0 Å². The van der Waals surface area contributed by atoms with Gasteiger partial charge in [0.25, 0.3) is 0 Å². The molecule has 2 aliphatic rings. The first kappa shape index (κ1) is 18.8. The average molecular weight is 403 g/mol. The van der Waals surface area contributed by atoms with Crippen molar-refractivity contribution in [2.75, 3.05) is 25.0 Å². The molecule has 3 heterocycles. The minimum absolute atomic E-state index is 0.249. The van der Waals surface area contributed by atoms with Gasteiger partial charge in [0.2, 0.25) is 0 Å². The van der Waals surface area contributed by atoms with Crippen molar-refractivity contribution in [3.63, 3.8) is 0 Å². The summed E-state index contributed by atoms with van der Waals surface area (Å²) in [7, 11) is 0. The van der Waals surface area contributed by atoms with E-state index in [9.17, 15) is 0 Å². The lowest BCUT2D eigenvalue weighted by Crippen LogP contribution is -2.30. The Morgan fingerprint density at radius 1 is 1.10 bits per heavy atom. The molecule has 5 rings (SSSR count). The van der Waals surface area contributed by atoms with Crippen LogP contribution in [0.25, 0.3) is 10.9 Å². The van der Waals surface area contributed by atoms with E-state index >= 15 is 0 Å². The molecule has 3 N–H and O–H groups in total. The summed E-state index contributed by atoms with van der Waals surface area (Å²) >= 11 is 0. The number of hydrogen-bond donors (Lipinski definition) is 3. The van der Waals surface area contributed by atoms with E-state index in [2.05, 4.69) is 44.0 Å². The first-order chi connectivity index (χ1) is 14.8. The van der Waals surface area contributed by atoms with Crippen molar-refractivity contribution < 1.29 is 4.74 Å². The Bertz CT molecular complexity index is 1070. The summed E-state index contributed by atoms with van der Waals surface area (Å²) in [5, 5.41) is 14.9. The van der Waals surface area contributed by atoms with Crippen LogP contribution in [0.1, 0.15) is 31.0 Å². The molecule has 0 bridgehead atoms. The van der Waals surface area contributed by atoms with Gasteiger partial charge < -0.3 is 15.4 Å². The molecule has 0 spiro atoms. The monoisotopic (exact) mass is 402 g/mol. The average Bonchev–Trinajstić information content (AvgIpc) is 3.27. The number of aliphatic imine (C=N–C) groups is 2. The molecular weight excluding hydrogens is 376 g/mol. The number of hydrogen-bond acceptors (Lipinski definition) is 6. The molecule has 1 saturated heterocycles. The second kappa shape index (κ2) is 8.67. The zero-order chi connectivity index (χ0) is 20.2. The summed E-state index contributed by atoms with van der Waals surface area (Å²) < 4.78 is 6.08. The van der Waals surface area contributed by atoms with Gasteiger partial charge in [0.15, 0.2) is 6.17 Å². The van der Waals surface area contributed by atoms with Crippen molar-refractivity contribution in [2.45, 2.75) is 25.4 Å². The minimum Gasteiger partial charge on any atom is -0.493 e. The number of anilines is 1. The van der Waals surface area contributed by atoms with Gasteiger partial charge in [0, 0.05) is 29.3 Å². The highest BCUT2D eigenvalue weighted by atomic mass is 16.5. The highest BCUT2D eigenvalue weighted by Gasteiger charge is 2.16. The molecule has 0 saturated carbocycles. The molecule has 0 amide bonds. The van der Waals surface area contributed by atoms with Crippen molar-refractivity contribution in [3.05, 3.63) is 54.2 Å². The number of H-pyrrole nitrogens is 1. The van der Waals surface area contributed by atoms with Crippen molar-refractivity contribution in [3.8, 4) is 5.75 Å². The molecule has 1 unspecified atom stereocenters. The number of rotatable bonds is 5. The van der Waals surface area contributed by atoms with Crippen molar-refractivity contribution in [1.82, 2.24) is 15.5 Å². The molecule has 7 heteroatoms. The van der Waals surface area contributed by atoms with E-state index in [1.54, 1.807) is 0 Å². The molecular formula is C23H26N6O. The largest absolute Gasteiger partial charge is 0.493 e. The van der Waals surface area contributed by atoms with Crippen molar-refractivity contribution in [2.24, 2.45) is 15.9 Å². The van der Waals surface area contributed by atoms with Gasteiger partial charge in [-0.05, 0) is 62.2 Å². The third-order valence-electron chi connectivity index (χ3n) is 5.64. The van der Waals surface area contributed by atoms with Gasteiger partial charge in [-0.15, -0.1) is 0 Å². The van der Waals surface area contributed by atoms with Gasteiger partial charge in [-0.25, -0.2) is 4.99 Å². The molecule has 0 radical (unpaired) electrons. The number of amidine groups is 1. The Balaban J connectivity index is 1.26. The van der Waals surface area contributed by atoms with Gasteiger partial charge in [-0.3, -0.25) is 10.1 Å². The lowest BCUT2D eigenvalue weighted by Gasteiger charge is -2.23. The standard InChI is InChI=1S/C23H26N6O/c1-2-17(13-20(3-1)30-15-16-6-9-24-10-7-16)23-25-11-8-22(28-23)27-19-4-5-21-18(12-19)14-26-29-21/h1-5,11-14,16,23-24H,6-10,15H2,(H,26,29)(H,27,28). The maximum Gasteiger partial charge on any atom is 0.166 e. The molecule has 0 aliphatic carbocycles. The molecule has 1 fully saturated rings. The van der Waals surface area contributed by atoms with Crippen LogP contribution in [-0.2, 0) is 0 Å². The summed E-state index contributed by atoms with van der Waals surface area (Å²) in [6, 6.07) is 14.3. The highest BCUT2D eigenvalue weighted by molar-refractivity contribution is 6.04. The highest BCUT2D eigenvalue weighted by Crippen LogP contribution is 2.27. The van der Waals surface area contributed by atoms with Crippen LogP contribution in [0.2, 0.25) is 0 Å². The summed E-state index contributed by atoms with van der Waals surface area (Å²) in [6.07, 6.45) is 6.54. The summed E-state index contributed by atoms with van der Waals surface area (Å²) in [5.74, 6) is 2.42. The van der Waals surface area contributed by atoms with Crippen molar-refractivity contribution >= 4 is 28.6 Å². The third kappa shape index (κ3) is 4.36. The first-order valence-electron chi connectivity index (χ1n) is 10.6. The maximum absolute atomic E-state index is 6.08. The van der Waals surface area contributed by atoms with Crippen LogP contribution >= 0.6 is 0 Å². The molecule has 3 aromatic rings. The zero-order valence-electron chi connectivity index (χ0n) is 16.8. The van der Waals surface area contributed by atoms with Crippen LogP contribution < -0.4 is 15.4 Å². The second-order valence-corrected chi connectivity index (χ2v) is 7.86. The number of ether oxygens (including phenoxy) is 1. The predicted molar refractivity (Wildman–Crippen MR) is 121 cm³/mol. The van der Waals surface area contributed by atoms with E-state index in [0.29, 0.717) is 12.3 Å². The fourth-order valence-electron chi connectivity index (χ4n) is 3.93. The smallest absolute Gasteiger partial charge is 0.166 e. The quantitative estimate of drug-likeness (QED) is 0.604. The third-order valence-corrected chi connectivity index (χ3v) is 5.64. The number of nitrogens with one attached hydrogen (secondary N) is 3. The lowest BCUT2D eigenvalue weighted by molar-refractivity contribution is 0.215. The van der Waals surface area contributed by atoms with Gasteiger partial charge in [0.05, 0.1) is 18.3 Å². The zero-order valence-corrected chi connectivity index (χ0v) is 16.8. The van der Waals surface area contributed by atoms with Gasteiger partial charge in [0.1, 0.15) is 11.6 Å². The van der Waals surface area contributed by atoms with Gasteiger partial charge >= 0.3 is 0 Å². The first-order valence-corrected chi connectivity index (χ1v) is 10.6. The Hall–Kier alpha value is -3.19. The van der Waals surface area contributed by atoms with Gasteiger partial charge in [-0.2, -0.15) is 5.10 Å². The molecule has 2 aromatic carbocycles. The van der Waals surface area contributed by atoms with Crippen LogP contribution in [0.4, 0.5) is 5.69 Å². The number of fused-ring (bicyclic) bond motifs is 1. The molecule has 1 atom stereocenters. The predicted octanol–water partition coefficient (Wildman–Crippen LogP) is 3.93. The number of benzene rings is 2. The van der Waals surface area contributed by atoms with Crippen LogP contribution in [-0.4, -0.2) is 41.9 Å². The number of piperidine rings is 1. The lowest BCUT2D eigenvalue weighted by atomic mass is 9.99. The number of nitrogens with zero attached hydrogens (tertiary/aromatic N) is 3. The fourth-order valence-corrected chi connectivity index (χ4v) is 3.93. The molecule has 7 nitrogen and oxygen atoms in total. The summed E-state index contributed by atoms with van der Waals surface area (Å²) in [6.45, 7) is 2.94. The van der Waals surface area contributed by atoms with E-state index in [1.165, 1.54) is 12.8 Å². The van der Waals surface area contributed by atoms with Gasteiger partial charge in [-0.1, -0.05) is 12.1 Å². The Kier molecular flexibility index (Phi) is 5.44. The number of aromatic amines is 1. The topological polar surface area (TPSA) is 86.7 Å². The van der Waals surface area contributed by atoms with Crippen LogP contribution in [0.5, 0.6) is 5.75 Å². The Labute approximate surface area is 175 Å². The SMILES string of the molecule is C1=NC(c2cccc(OCC3CCNCC3)c2)N=C(Nc2ccc3[nH]ncc3c2)C1. The van der Waals surface area contributed by atoms with Crippen LogP contribution in [0, 0.1) is 5.92 Å². The van der Waals surface area contributed by atoms with E-state index in [-0.39, 0.29) is 6.17 Å². The second-order valence-electron chi connectivity index (χ2n) is 7.86. The van der Waals surface area contributed by atoms with Crippen LogP contribution in [0.3, 0.4) is 0 Å². The Morgan fingerprint density at radius 3 is 2.97 bits per heavy atom. The summed E-state index contributed by atoms with van der Waals surface area (Å²) in [4.78, 5) is 9.42. The summed E-state index contributed by atoms with van der Waals surface area (Å²) in [5.41, 5.74) is 3.06. The molecule has 30 heavy (non-hydrogen) atoms. The number of aromatic nitrogens is 2. The normalized spacial score (nSPS) is 19.6. The van der Waals surface area contributed by atoms with E-state index in [0.717, 1.165) is 53.4 Å². The van der Waals surface area contributed by atoms with Crippen molar-refractivity contribution in [1.29, 1.82) is 0 Å². The molecule has 1 aromatic heterocycles. The fraction of sp³-hybridized carbons (Fsp3) is 0.348. The van der Waals surface area contributed by atoms with E-state index in [4.69, 9.17) is 9.73 Å². The van der Waals surface area contributed by atoms with E-state index in [1.807, 2.05) is 36.7 Å². The molecule has 154 valence electrons. The minimum atomic E-state index is -0.249. The Morgan fingerprint density at radius 2 is 2.03 bits per heavy atom.